The minimum atomic E-state index is 0.540. The minimum absolute atomic E-state index is 0.540. The molecule has 0 saturated carbocycles. The summed E-state index contributed by atoms with van der Waals surface area (Å²) in [7, 11) is 0. The Labute approximate surface area is 119 Å². The van der Waals surface area contributed by atoms with E-state index in [-0.39, 0.29) is 0 Å². The highest BCUT2D eigenvalue weighted by Crippen LogP contribution is 2.26. The van der Waals surface area contributed by atoms with Gasteiger partial charge < -0.3 is 5.32 Å². The molecule has 1 aromatic rings. The van der Waals surface area contributed by atoms with E-state index in [1.165, 1.54) is 55.2 Å². The first-order valence-corrected chi connectivity index (χ1v) is 8.00. The molecule has 0 saturated heterocycles. The van der Waals surface area contributed by atoms with Crippen LogP contribution in [0.3, 0.4) is 0 Å². The molecule has 1 atom stereocenters. The summed E-state index contributed by atoms with van der Waals surface area (Å²) >= 11 is 0. The summed E-state index contributed by atoms with van der Waals surface area (Å²) in [6.45, 7) is 10.1. The summed E-state index contributed by atoms with van der Waals surface area (Å²) in [6.07, 6.45) is 7.86. The lowest BCUT2D eigenvalue weighted by atomic mass is 9.92. The van der Waals surface area contributed by atoms with Gasteiger partial charge in [-0.15, -0.1) is 0 Å². The molecule has 1 nitrogen and oxygen atoms in total. The Bertz CT molecular complexity index is 336. The molecule has 0 bridgehead atoms. The van der Waals surface area contributed by atoms with Crippen LogP contribution in [0.1, 0.15) is 75.1 Å². The van der Waals surface area contributed by atoms with Gasteiger partial charge in [-0.1, -0.05) is 57.7 Å². The van der Waals surface area contributed by atoms with Crippen molar-refractivity contribution in [1.82, 2.24) is 5.32 Å². The standard InChI is InChI=1S/C18H31N/c1-5-7-8-9-13-17(19-14-6-2)18-15(3)11-10-12-16(18)4/h10-12,17,19H,5-9,13-14H2,1-4H3. The molecular formula is C18H31N. The van der Waals surface area contributed by atoms with E-state index >= 15 is 0 Å². The topological polar surface area (TPSA) is 12.0 Å². The Morgan fingerprint density at radius 3 is 2.21 bits per heavy atom. The van der Waals surface area contributed by atoms with Crippen LogP contribution in [-0.4, -0.2) is 6.54 Å². The van der Waals surface area contributed by atoms with Crippen LogP contribution in [0.15, 0.2) is 18.2 Å². The molecule has 0 spiro atoms. The van der Waals surface area contributed by atoms with E-state index in [0.29, 0.717) is 6.04 Å². The second kappa shape index (κ2) is 9.14. The lowest BCUT2D eigenvalue weighted by Gasteiger charge is -2.23. The highest BCUT2D eigenvalue weighted by Gasteiger charge is 2.14. The van der Waals surface area contributed by atoms with Crippen molar-refractivity contribution in [2.24, 2.45) is 0 Å². The largest absolute Gasteiger partial charge is 0.310 e. The highest BCUT2D eigenvalue weighted by molar-refractivity contribution is 5.36. The van der Waals surface area contributed by atoms with Gasteiger partial charge in [-0.05, 0) is 49.9 Å². The van der Waals surface area contributed by atoms with Crippen LogP contribution in [0.25, 0.3) is 0 Å². The van der Waals surface area contributed by atoms with Gasteiger partial charge in [0.25, 0.3) is 0 Å². The molecule has 0 radical (unpaired) electrons. The van der Waals surface area contributed by atoms with Crippen molar-refractivity contribution < 1.29 is 0 Å². The molecule has 0 heterocycles. The molecule has 1 rings (SSSR count). The van der Waals surface area contributed by atoms with Gasteiger partial charge in [-0.3, -0.25) is 0 Å². The number of hydrogen-bond donors (Lipinski definition) is 1. The molecule has 0 fully saturated rings. The van der Waals surface area contributed by atoms with E-state index in [1.807, 2.05) is 0 Å². The Morgan fingerprint density at radius 2 is 1.63 bits per heavy atom. The molecule has 0 amide bonds. The fourth-order valence-electron chi connectivity index (χ4n) is 2.82. The van der Waals surface area contributed by atoms with Gasteiger partial charge >= 0.3 is 0 Å². The molecular weight excluding hydrogens is 230 g/mol. The molecule has 0 aromatic heterocycles. The first-order chi connectivity index (χ1) is 9.20. The van der Waals surface area contributed by atoms with Crippen molar-refractivity contribution in [3.05, 3.63) is 34.9 Å². The zero-order chi connectivity index (χ0) is 14.1. The number of aryl methyl sites for hydroxylation is 2. The van der Waals surface area contributed by atoms with Crippen LogP contribution >= 0.6 is 0 Å². The molecule has 1 heteroatoms. The average Bonchev–Trinajstić information content (AvgIpc) is 2.39. The zero-order valence-corrected chi connectivity index (χ0v) is 13.3. The van der Waals surface area contributed by atoms with Crippen molar-refractivity contribution in [3.63, 3.8) is 0 Å². The summed E-state index contributed by atoms with van der Waals surface area (Å²) in [5.41, 5.74) is 4.40. The molecule has 0 aliphatic carbocycles. The summed E-state index contributed by atoms with van der Waals surface area (Å²) in [5, 5.41) is 3.74. The molecule has 1 aromatic carbocycles. The van der Waals surface area contributed by atoms with E-state index < -0.39 is 0 Å². The van der Waals surface area contributed by atoms with Crippen LogP contribution < -0.4 is 5.32 Å². The summed E-state index contributed by atoms with van der Waals surface area (Å²) < 4.78 is 0. The maximum Gasteiger partial charge on any atom is 0.0325 e. The van der Waals surface area contributed by atoms with Crippen LogP contribution in [0.2, 0.25) is 0 Å². The van der Waals surface area contributed by atoms with Crippen molar-refractivity contribution >= 4 is 0 Å². The maximum absolute atomic E-state index is 3.74. The minimum Gasteiger partial charge on any atom is -0.310 e. The van der Waals surface area contributed by atoms with Gasteiger partial charge in [0.15, 0.2) is 0 Å². The van der Waals surface area contributed by atoms with E-state index in [9.17, 15) is 0 Å². The molecule has 19 heavy (non-hydrogen) atoms. The number of unbranched alkanes of at least 4 members (excludes halogenated alkanes) is 3. The number of nitrogens with one attached hydrogen (secondary N) is 1. The van der Waals surface area contributed by atoms with Crippen LogP contribution in [0.4, 0.5) is 0 Å². The van der Waals surface area contributed by atoms with Crippen molar-refractivity contribution in [2.45, 2.75) is 72.3 Å². The molecule has 108 valence electrons. The second-order valence-electron chi connectivity index (χ2n) is 5.66. The normalized spacial score (nSPS) is 12.6. The van der Waals surface area contributed by atoms with Crippen molar-refractivity contribution in [2.75, 3.05) is 6.54 Å². The Balaban J connectivity index is 2.71. The molecule has 1 unspecified atom stereocenters. The third-order valence-corrected chi connectivity index (χ3v) is 3.88. The molecule has 0 aliphatic rings. The number of rotatable bonds is 9. The second-order valence-corrected chi connectivity index (χ2v) is 5.66. The number of hydrogen-bond acceptors (Lipinski definition) is 1. The lowest BCUT2D eigenvalue weighted by molar-refractivity contribution is 0.467. The summed E-state index contributed by atoms with van der Waals surface area (Å²) in [6, 6.07) is 7.20. The van der Waals surface area contributed by atoms with E-state index in [1.54, 1.807) is 0 Å². The Kier molecular flexibility index (Phi) is 7.81. The Morgan fingerprint density at radius 1 is 0.947 bits per heavy atom. The highest BCUT2D eigenvalue weighted by atomic mass is 14.9. The smallest absolute Gasteiger partial charge is 0.0325 e. The SMILES string of the molecule is CCCCCCC(NCCC)c1c(C)cccc1C. The Hall–Kier alpha value is -0.820. The quantitative estimate of drug-likeness (QED) is 0.594. The van der Waals surface area contributed by atoms with Gasteiger partial charge in [0.2, 0.25) is 0 Å². The van der Waals surface area contributed by atoms with Crippen LogP contribution in [0.5, 0.6) is 0 Å². The number of benzene rings is 1. The average molecular weight is 261 g/mol. The first-order valence-electron chi connectivity index (χ1n) is 8.00. The van der Waals surface area contributed by atoms with Gasteiger partial charge in [0.05, 0.1) is 0 Å². The van der Waals surface area contributed by atoms with Crippen molar-refractivity contribution in [3.8, 4) is 0 Å². The van der Waals surface area contributed by atoms with Gasteiger partial charge in [0, 0.05) is 6.04 Å². The predicted molar refractivity (Wildman–Crippen MR) is 85.7 cm³/mol. The summed E-state index contributed by atoms with van der Waals surface area (Å²) in [4.78, 5) is 0. The van der Waals surface area contributed by atoms with E-state index in [2.05, 4.69) is 51.2 Å². The van der Waals surface area contributed by atoms with Gasteiger partial charge in [-0.25, -0.2) is 0 Å². The third kappa shape index (κ3) is 5.36. The van der Waals surface area contributed by atoms with Crippen LogP contribution in [0, 0.1) is 13.8 Å². The molecule has 0 aliphatic heterocycles. The van der Waals surface area contributed by atoms with Crippen LogP contribution in [-0.2, 0) is 0 Å². The monoisotopic (exact) mass is 261 g/mol. The van der Waals surface area contributed by atoms with Gasteiger partial charge in [0.1, 0.15) is 0 Å². The lowest BCUT2D eigenvalue weighted by Crippen LogP contribution is -2.23. The fraction of sp³-hybridized carbons (Fsp3) is 0.667. The zero-order valence-electron chi connectivity index (χ0n) is 13.3. The predicted octanol–water partition coefficient (Wildman–Crippen LogP) is 5.31. The maximum atomic E-state index is 3.74. The van der Waals surface area contributed by atoms with E-state index in [4.69, 9.17) is 0 Å². The van der Waals surface area contributed by atoms with E-state index in [0.717, 1.165) is 6.54 Å². The molecule has 1 N–H and O–H groups in total. The van der Waals surface area contributed by atoms with Crippen molar-refractivity contribution in [1.29, 1.82) is 0 Å². The first kappa shape index (κ1) is 16.2. The third-order valence-electron chi connectivity index (χ3n) is 3.88. The van der Waals surface area contributed by atoms with Gasteiger partial charge in [-0.2, -0.15) is 0 Å². The summed E-state index contributed by atoms with van der Waals surface area (Å²) in [5.74, 6) is 0. The fourth-order valence-corrected chi connectivity index (χ4v) is 2.82.